The van der Waals surface area contributed by atoms with E-state index < -0.39 is 5.41 Å². The molecule has 29 heavy (non-hydrogen) atoms. The normalized spacial score (nSPS) is 16.7. The molecule has 1 aliphatic rings. The van der Waals surface area contributed by atoms with Gasteiger partial charge in [0.2, 0.25) is 5.91 Å². The van der Waals surface area contributed by atoms with Crippen molar-refractivity contribution in [1.82, 2.24) is 10.4 Å². The monoisotopic (exact) mass is 404 g/mol. The predicted octanol–water partition coefficient (Wildman–Crippen LogP) is 4.41. The maximum absolute atomic E-state index is 13.5. The van der Waals surface area contributed by atoms with Crippen molar-refractivity contribution in [2.24, 2.45) is 0 Å². The van der Waals surface area contributed by atoms with Crippen LogP contribution in [0.4, 0.5) is 0 Å². The van der Waals surface area contributed by atoms with Gasteiger partial charge in [0.05, 0.1) is 18.6 Å². The standard InChI is InChI=1S/C24H40N2O3/c1-9-24(10-2,21(28)25-26-11-13-29-14-12-26)17-15-18(22(3,4)5)20(27)19(16-17)23(6,7)8/h15-16,27H,9-14H2,1-8H3,(H,25,28). The molecule has 0 aliphatic carbocycles. The topological polar surface area (TPSA) is 61.8 Å². The number of ether oxygens (including phenoxy) is 1. The Bertz CT molecular complexity index is 684. The van der Waals surface area contributed by atoms with Crippen LogP contribution in [0.5, 0.6) is 5.75 Å². The van der Waals surface area contributed by atoms with E-state index in [1.54, 1.807) is 0 Å². The lowest BCUT2D eigenvalue weighted by Crippen LogP contribution is -2.54. The van der Waals surface area contributed by atoms with Gasteiger partial charge in [-0.1, -0.05) is 67.5 Å². The highest BCUT2D eigenvalue weighted by atomic mass is 16.5. The second-order valence-corrected chi connectivity index (χ2v) is 10.2. The zero-order valence-corrected chi connectivity index (χ0v) is 19.6. The molecule has 0 radical (unpaired) electrons. The lowest BCUT2D eigenvalue weighted by atomic mass is 9.70. The van der Waals surface area contributed by atoms with Gasteiger partial charge in [-0.05, 0) is 40.4 Å². The minimum Gasteiger partial charge on any atom is -0.507 e. The van der Waals surface area contributed by atoms with Crippen molar-refractivity contribution < 1.29 is 14.6 Å². The zero-order valence-electron chi connectivity index (χ0n) is 19.6. The van der Waals surface area contributed by atoms with E-state index in [1.807, 2.05) is 5.01 Å². The summed E-state index contributed by atoms with van der Waals surface area (Å²) in [4.78, 5) is 13.5. The van der Waals surface area contributed by atoms with Crippen LogP contribution in [-0.4, -0.2) is 42.3 Å². The summed E-state index contributed by atoms with van der Waals surface area (Å²) in [6.07, 6.45) is 1.38. The van der Waals surface area contributed by atoms with Crippen LogP contribution in [0, 0.1) is 0 Å². The molecule has 1 fully saturated rings. The molecule has 0 unspecified atom stereocenters. The number of nitrogens with one attached hydrogen (secondary N) is 1. The molecule has 1 saturated heterocycles. The van der Waals surface area contributed by atoms with Gasteiger partial charge in [-0.3, -0.25) is 10.2 Å². The number of benzene rings is 1. The average molecular weight is 405 g/mol. The number of aromatic hydroxyl groups is 1. The van der Waals surface area contributed by atoms with Crippen LogP contribution in [-0.2, 0) is 25.8 Å². The summed E-state index contributed by atoms with van der Waals surface area (Å²) in [7, 11) is 0. The number of nitrogens with zero attached hydrogens (tertiary/aromatic N) is 1. The maximum Gasteiger partial charge on any atom is 0.244 e. The summed E-state index contributed by atoms with van der Waals surface area (Å²) >= 11 is 0. The fourth-order valence-corrected chi connectivity index (χ4v) is 4.09. The van der Waals surface area contributed by atoms with Crippen LogP contribution < -0.4 is 5.43 Å². The molecule has 1 aromatic rings. The van der Waals surface area contributed by atoms with Gasteiger partial charge in [0.15, 0.2) is 0 Å². The van der Waals surface area contributed by atoms with Gasteiger partial charge in [-0.15, -0.1) is 0 Å². The second kappa shape index (κ2) is 8.65. The van der Waals surface area contributed by atoms with E-state index in [0.29, 0.717) is 44.9 Å². The van der Waals surface area contributed by atoms with Crippen LogP contribution in [0.25, 0.3) is 0 Å². The number of rotatable bonds is 5. The first-order chi connectivity index (χ1) is 13.4. The summed E-state index contributed by atoms with van der Waals surface area (Å²) in [5.74, 6) is 0.373. The third kappa shape index (κ3) is 4.95. The van der Waals surface area contributed by atoms with Gasteiger partial charge in [-0.2, -0.15) is 0 Å². The number of phenols is 1. The number of hydrazine groups is 1. The molecule has 1 amide bonds. The molecule has 164 valence electrons. The number of carbonyl (C=O) groups is 1. The maximum atomic E-state index is 13.5. The van der Waals surface area contributed by atoms with Gasteiger partial charge in [0, 0.05) is 13.1 Å². The van der Waals surface area contributed by atoms with E-state index in [1.165, 1.54) is 0 Å². The van der Waals surface area contributed by atoms with Crippen LogP contribution in [0.1, 0.15) is 84.9 Å². The van der Waals surface area contributed by atoms with Crippen molar-refractivity contribution in [3.63, 3.8) is 0 Å². The van der Waals surface area contributed by atoms with Gasteiger partial charge < -0.3 is 9.84 Å². The Labute approximate surface area is 176 Å². The van der Waals surface area contributed by atoms with Crippen LogP contribution in [0.3, 0.4) is 0 Å². The number of hydrogen-bond donors (Lipinski definition) is 2. The number of hydrogen-bond acceptors (Lipinski definition) is 4. The molecule has 0 aromatic heterocycles. The SMILES string of the molecule is CCC(CC)(C(=O)NN1CCOCC1)c1cc(C(C)(C)C)c(O)c(C(C)(C)C)c1. The number of morpholine rings is 1. The van der Waals surface area contributed by atoms with Crippen molar-refractivity contribution in [3.05, 3.63) is 28.8 Å². The quantitative estimate of drug-likeness (QED) is 0.763. The predicted molar refractivity (Wildman–Crippen MR) is 118 cm³/mol. The first kappa shape index (κ1) is 23.7. The Balaban J connectivity index is 2.60. The Hall–Kier alpha value is -1.59. The highest BCUT2D eigenvalue weighted by molar-refractivity contribution is 5.88. The first-order valence-corrected chi connectivity index (χ1v) is 10.9. The zero-order chi connectivity index (χ0) is 22.0. The Morgan fingerprint density at radius 3 is 1.83 bits per heavy atom. The number of amides is 1. The van der Waals surface area contributed by atoms with E-state index in [0.717, 1.165) is 16.7 Å². The third-order valence-corrected chi connectivity index (χ3v) is 6.19. The van der Waals surface area contributed by atoms with Crippen LogP contribution in [0.15, 0.2) is 12.1 Å². The first-order valence-electron chi connectivity index (χ1n) is 10.9. The lowest BCUT2D eigenvalue weighted by Gasteiger charge is -2.37. The molecule has 1 aromatic carbocycles. The highest BCUT2D eigenvalue weighted by Gasteiger charge is 2.40. The van der Waals surface area contributed by atoms with Gasteiger partial charge in [-0.25, -0.2) is 5.01 Å². The molecule has 2 rings (SSSR count). The van der Waals surface area contributed by atoms with E-state index in [4.69, 9.17) is 4.74 Å². The smallest absolute Gasteiger partial charge is 0.244 e. The van der Waals surface area contributed by atoms with Crippen molar-refractivity contribution in [3.8, 4) is 5.75 Å². The van der Waals surface area contributed by atoms with Crippen molar-refractivity contribution in [2.45, 2.75) is 84.5 Å². The average Bonchev–Trinajstić information content (AvgIpc) is 2.63. The summed E-state index contributed by atoms with van der Waals surface area (Å²) in [6.45, 7) is 19.4. The fourth-order valence-electron chi connectivity index (χ4n) is 4.09. The molecule has 0 saturated carbocycles. The highest BCUT2D eigenvalue weighted by Crippen LogP contribution is 2.44. The van der Waals surface area contributed by atoms with Gasteiger partial charge >= 0.3 is 0 Å². The Morgan fingerprint density at radius 2 is 1.45 bits per heavy atom. The molecule has 1 heterocycles. The minimum atomic E-state index is -0.647. The lowest BCUT2D eigenvalue weighted by molar-refractivity contribution is -0.134. The number of carbonyl (C=O) groups excluding carboxylic acids is 1. The molecule has 0 bridgehead atoms. The number of phenolic OH excluding ortho intramolecular Hbond substituents is 1. The minimum absolute atomic E-state index is 0.0230. The molecular formula is C24H40N2O3. The molecule has 1 aliphatic heterocycles. The van der Waals surface area contributed by atoms with Crippen molar-refractivity contribution in [1.29, 1.82) is 0 Å². The summed E-state index contributed by atoms with van der Waals surface area (Å²) < 4.78 is 5.40. The summed E-state index contributed by atoms with van der Waals surface area (Å²) in [5, 5.41) is 13.0. The Morgan fingerprint density at radius 1 is 1.00 bits per heavy atom. The summed E-state index contributed by atoms with van der Waals surface area (Å²) in [5.41, 5.74) is 4.81. The van der Waals surface area contributed by atoms with Crippen molar-refractivity contribution >= 4 is 5.91 Å². The molecule has 0 atom stereocenters. The molecular weight excluding hydrogens is 364 g/mol. The largest absolute Gasteiger partial charge is 0.507 e. The molecule has 0 spiro atoms. The van der Waals surface area contributed by atoms with Crippen molar-refractivity contribution in [2.75, 3.05) is 26.3 Å². The van der Waals surface area contributed by atoms with Crippen LogP contribution in [0.2, 0.25) is 0 Å². The van der Waals surface area contributed by atoms with E-state index in [2.05, 4.69) is 72.9 Å². The molecule has 5 nitrogen and oxygen atoms in total. The van der Waals surface area contributed by atoms with E-state index >= 15 is 0 Å². The fraction of sp³-hybridized carbons (Fsp3) is 0.708. The van der Waals surface area contributed by atoms with E-state index in [-0.39, 0.29) is 16.7 Å². The van der Waals surface area contributed by atoms with Crippen LogP contribution >= 0.6 is 0 Å². The van der Waals surface area contributed by atoms with Gasteiger partial charge in [0.25, 0.3) is 0 Å². The molecule has 2 N–H and O–H groups in total. The third-order valence-electron chi connectivity index (χ3n) is 6.19. The van der Waals surface area contributed by atoms with E-state index in [9.17, 15) is 9.90 Å². The summed E-state index contributed by atoms with van der Waals surface area (Å²) in [6, 6.07) is 4.10. The Kier molecular flexibility index (Phi) is 7.06. The second-order valence-electron chi connectivity index (χ2n) is 10.2. The molecule has 5 heteroatoms. The van der Waals surface area contributed by atoms with Gasteiger partial charge in [0.1, 0.15) is 5.75 Å².